The van der Waals surface area contributed by atoms with Crippen LogP contribution in [0.15, 0.2) is 72.8 Å². The van der Waals surface area contributed by atoms with Crippen LogP contribution in [-0.4, -0.2) is 103 Å². The number of carbonyl (C=O) groups excluding carboxylic acids is 1. The van der Waals surface area contributed by atoms with Crippen LogP contribution in [0.25, 0.3) is 0 Å². The average Bonchev–Trinajstić information content (AvgIpc) is 4.06. The molecule has 3 heterocycles. The topological polar surface area (TPSA) is 187 Å². The van der Waals surface area contributed by atoms with Crippen molar-refractivity contribution in [2.45, 2.75) is 58.2 Å². The Bertz CT molecular complexity index is 1860. The monoisotopic (exact) mass is 812 g/mol. The van der Waals surface area contributed by atoms with Crippen molar-refractivity contribution in [3.8, 4) is 0 Å². The maximum absolute atomic E-state index is 13.7. The molecule has 6 rings (SSSR count). The number of ether oxygens (including phenoxy) is 2. The molecule has 3 aromatic rings. The molecule has 0 radical (unpaired) electrons. The highest BCUT2D eigenvalue weighted by Crippen LogP contribution is 2.27. The summed E-state index contributed by atoms with van der Waals surface area (Å²) in [5.41, 5.74) is 5.46. The van der Waals surface area contributed by atoms with Crippen LogP contribution in [-0.2, 0) is 62.8 Å². The lowest BCUT2D eigenvalue weighted by atomic mass is 9.86. The van der Waals surface area contributed by atoms with Crippen LogP contribution in [0.3, 0.4) is 0 Å². The standard InChI is InChI=1S/C46H60N4O9/c51-43(52)40(37-10-14-47-26-37)23-32-5-1-4-31(20-32)13-17-50(18-19-58-29-35-8-2-6-33(21-35)24-41(44(53)54)38-11-15-48-27-38)46(57)59-30-36-9-3-7-34(22-36)25-42(45(55)56)39-12-16-49-28-39/h1-9,20-22,37-42,47-49H,10-19,23-30H2,(H,51,52)(H,53,54)(H,55,56). The van der Waals surface area contributed by atoms with E-state index in [1.807, 2.05) is 72.8 Å². The maximum Gasteiger partial charge on any atom is 0.410 e. The lowest BCUT2D eigenvalue weighted by molar-refractivity contribution is -0.144. The van der Waals surface area contributed by atoms with E-state index in [1.165, 1.54) is 0 Å². The Morgan fingerprint density at radius 3 is 1.41 bits per heavy atom. The summed E-state index contributed by atoms with van der Waals surface area (Å²) < 4.78 is 11.9. The fourth-order valence-corrected chi connectivity index (χ4v) is 8.95. The molecule has 3 aromatic carbocycles. The van der Waals surface area contributed by atoms with Gasteiger partial charge in [0, 0.05) is 13.1 Å². The third-order valence-electron chi connectivity index (χ3n) is 12.4. The van der Waals surface area contributed by atoms with Crippen LogP contribution < -0.4 is 16.0 Å². The van der Waals surface area contributed by atoms with Gasteiger partial charge in [0.15, 0.2) is 0 Å². The minimum atomic E-state index is -0.802. The molecular weight excluding hydrogens is 753 g/mol. The fourth-order valence-electron chi connectivity index (χ4n) is 8.95. The van der Waals surface area contributed by atoms with Crippen LogP contribution >= 0.6 is 0 Å². The van der Waals surface area contributed by atoms with Gasteiger partial charge in [-0.15, -0.1) is 0 Å². The van der Waals surface area contributed by atoms with Crippen LogP contribution in [0.5, 0.6) is 0 Å². The second-order valence-electron chi connectivity index (χ2n) is 16.5. The van der Waals surface area contributed by atoms with Gasteiger partial charge in [0.2, 0.25) is 0 Å². The normalized spacial score (nSPS) is 20.5. The molecule has 6 N–H and O–H groups in total. The molecule has 318 valence electrons. The van der Waals surface area contributed by atoms with Crippen LogP contribution in [0.1, 0.15) is 52.6 Å². The van der Waals surface area contributed by atoms with Gasteiger partial charge in [-0.1, -0.05) is 72.8 Å². The van der Waals surface area contributed by atoms with Gasteiger partial charge >= 0.3 is 24.0 Å². The summed E-state index contributed by atoms with van der Waals surface area (Å²) >= 11 is 0. The van der Waals surface area contributed by atoms with E-state index in [0.717, 1.165) is 72.3 Å². The number of nitrogens with zero attached hydrogens (tertiary/aromatic N) is 1. The molecule has 3 aliphatic heterocycles. The largest absolute Gasteiger partial charge is 0.481 e. The summed E-state index contributed by atoms with van der Waals surface area (Å²) in [5, 5.41) is 39.7. The van der Waals surface area contributed by atoms with Crippen molar-refractivity contribution in [2.24, 2.45) is 35.5 Å². The maximum atomic E-state index is 13.7. The highest BCUT2D eigenvalue weighted by atomic mass is 16.6. The predicted molar refractivity (Wildman–Crippen MR) is 222 cm³/mol. The van der Waals surface area contributed by atoms with Gasteiger partial charge in [-0.05, 0) is 135 Å². The molecule has 0 bridgehead atoms. The zero-order valence-electron chi connectivity index (χ0n) is 33.9. The van der Waals surface area contributed by atoms with Crippen LogP contribution in [0.4, 0.5) is 4.79 Å². The second kappa shape index (κ2) is 22.0. The molecular formula is C46H60N4O9. The first kappa shape index (κ1) is 43.8. The van der Waals surface area contributed by atoms with Crippen LogP contribution in [0, 0.1) is 35.5 Å². The van der Waals surface area contributed by atoms with E-state index >= 15 is 0 Å². The molecule has 6 unspecified atom stereocenters. The number of benzene rings is 3. The van der Waals surface area contributed by atoms with Gasteiger partial charge in [-0.2, -0.15) is 0 Å². The highest BCUT2D eigenvalue weighted by Gasteiger charge is 2.33. The summed E-state index contributed by atoms with van der Waals surface area (Å²) in [6.07, 6.45) is 3.84. The van der Waals surface area contributed by atoms with Crippen molar-refractivity contribution in [3.05, 3.63) is 106 Å². The Labute approximate surface area is 346 Å². The molecule has 13 heteroatoms. The van der Waals surface area contributed by atoms with E-state index in [1.54, 1.807) is 4.90 Å². The molecule has 0 aliphatic carbocycles. The Morgan fingerprint density at radius 2 is 0.983 bits per heavy atom. The van der Waals surface area contributed by atoms with E-state index in [4.69, 9.17) is 9.47 Å². The first-order valence-corrected chi connectivity index (χ1v) is 21.2. The third kappa shape index (κ3) is 13.1. The molecule has 59 heavy (non-hydrogen) atoms. The predicted octanol–water partition coefficient (Wildman–Crippen LogP) is 4.64. The molecule has 13 nitrogen and oxygen atoms in total. The van der Waals surface area contributed by atoms with Crippen molar-refractivity contribution < 1.29 is 44.0 Å². The molecule has 6 atom stereocenters. The number of nitrogens with one attached hydrogen (secondary N) is 3. The zero-order valence-corrected chi connectivity index (χ0v) is 33.9. The summed E-state index contributed by atoms with van der Waals surface area (Å²) in [6, 6.07) is 23.3. The quantitative estimate of drug-likeness (QED) is 0.0774. The molecule has 3 fully saturated rings. The Hall–Kier alpha value is -4.82. The lowest BCUT2D eigenvalue weighted by Gasteiger charge is -2.23. The van der Waals surface area contributed by atoms with Crippen LogP contribution in [0.2, 0.25) is 0 Å². The number of aliphatic carboxylic acids is 3. The van der Waals surface area contributed by atoms with Gasteiger partial charge in [0.1, 0.15) is 6.61 Å². The number of carboxylic acid groups (broad SMARTS) is 3. The highest BCUT2D eigenvalue weighted by molar-refractivity contribution is 5.72. The lowest BCUT2D eigenvalue weighted by Crippen LogP contribution is -2.36. The minimum absolute atomic E-state index is 0.0237. The van der Waals surface area contributed by atoms with E-state index in [0.29, 0.717) is 58.5 Å². The molecule has 0 aromatic heterocycles. The van der Waals surface area contributed by atoms with Gasteiger partial charge in [0.05, 0.1) is 31.0 Å². The SMILES string of the molecule is O=C(O)C(Cc1cccc(CCN(CCOCc2cccc(CC(C(=O)O)C3CCNC3)c2)C(=O)OCc2cccc(CC(C(=O)O)C3CCNC3)c2)c1)C1CCNC1. The number of hydrogen-bond acceptors (Lipinski definition) is 9. The van der Waals surface area contributed by atoms with Crippen molar-refractivity contribution in [1.82, 2.24) is 20.9 Å². The first-order valence-electron chi connectivity index (χ1n) is 21.2. The summed E-state index contributed by atoms with van der Waals surface area (Å²) in [5.74, 6) is -3.52. The Kier molecular flexibility index (Phi) is 16.3. The van der Waals surface area contributed by atoms with Crippen molar-refractivity contribution in [1.29, 1.82) is 0 Å². The minimum Gasteiger partial charge on any atom is -0.481 e. The van der Waals surface area contributed by atoms with Crippen molar-refractivity contribution in [2.75, 3.05) is 59.0 Å². The number of carboxylic acids is 3. The Balaban J connectivity index is 1.08. The average molecular weight is 813 g/mol. The molecule has 3 aliphatic rings. The van der Waals surface area contributed by atoms with Gasteiger partial charge in [0.25, 0.3) is 0 Å². The van der Waals surface area contributed by atoms with Crippen molar-refractivity contribution >= 4 is 24.0 Å². The summed E-state index contributed by atoms with van der Waals surface area (Å²) in [6.45, 7) is 5.77. The molecule has 0 spiro atoms. The van der Waals surface area contributed by atoms with Gasteiger partial charge in [-0.25, -0.2) is 4.79 Å². The fraction of sp³-hybridized carbons (Fsp3) is 0.522. The molecule has 0 saturated carbocycles. The number of amides is 1. The summed E-state index contributed by atoms with van der Waals surface area (Å²) in [7, 11) is 0. The number of rotatable bonds is 22. The van der Waals surface area contributed by atoms with E-state index in [9.17, 15) is 34.5 Å². The van der Waals surface area contributed by atoms with E-state index in [-0.39, 0.29) is 37.5 Å². The van der Waals surface area contributed by atoms with Gasteiger partial charge < -0.3 is 45.6 Å². The van der Waals surface area contributed by atoms with E-state index < -0.39 is 41.8 Å². The third-order valence-corrected chi connectivity index (χ3v) is 12.4. The summed E-state index contributed by atoms with van der Waals surface area (Å²) in [4.78, 5) is 51.7. The number of hydrogen-bond donors (Lipinski definition) is 6. The van der Waals surface area contributed by atoms with Crippen molar-refractivity contribution in [3.63, 3.8) is 0 Å². The molecule has 1 amide bonds. The smallest absolute Gasteiger partial charge is 0.410 e. The Morgan fingerprint density at radius 1 is 0.576 bits per heavy atom. The van der Waals surface area contributed by atoms with E-state index in [2.05, 4.69) is 16.0 Å². The first-order chi connectivity index (χ1) is 28.6. The number of carbonyl (C=O) groups is 4. The molecule has 3 saturated heterocycles. The zero-order chi connectivity index (χ0) is 41.6. The second-order valence-corrected chi connectivity index (χ2v) is 16.5. The van der Waals surface area contributed by atoms with Gasteiger partial charge in [-0.3, -0.25) is 14.4 Å².